The SMILES string of the molecule is O=C(c1cccc2[nH]ccc12)N1CCC2(CC1)CC(CN1CCOCC1)OC2=O. The molecule has 0 bridgehead atoms. The fourth-order valence-electron chi connectivity index (χ4n) is 5.00. The van der Waals surface area contributed by atoms with Crippen LogP contribution >= 0.6 is 0 Å². The Morgan fingerprint density at radius 3 is 2.72 bits per heavy atom. The van der Waals surface area contributed by atoms with E-state index in [9.17, 15) is 9.59 Å². The van der Waals surface area contributed by atoms with Crippen LogP contribution in [0.5, 0.6) is 0 Å². The van der Waals surface area contributed by atoms with Gasteiger partial charge in [-0.15, -0.1) is 0 Å². The number of carbonyl (C=O) groups excluding carboxylic acids is 2. The minimum atomic E-state index is -0.423. The van der Waals surface area contributed by atoms with Gasteiger partial charge in [-0.1, -0.05) is 6.07 Å². The number of rotatable bonds is 3. The number of esters is 1. The lowest BCUT2D eigenvalue weighted by Crippen LogP contribution is -2.45. The van der Waals surface area contributed by atoms with Crippen molar-refractivity contribution in [2.75, 3.05) is 45.9 Å². The highest BCUT2D eigenvalue weighted by molar-refractivity contribution is 6.06. The maximum Gasteiger partial charge on any atom is 0.312 e. The second-order valence-corrected chi connectivity index (χ2v) is 8.46. The van der Waals surface area contributed by atoms with Gasteiger partial charge in [0.25, 0.3) is 5.91 Å². The summed E-state index contributed by atoms with van der Waals surface area (Å²) in [4.78, 5) is 33.2. The van der Waals surface area contributed by atoms with Crippen molar-refractivity contribution in [1.29, 1.82) is 0 Å². The van der Waals surface area contributed by atoms with Crippen LogP contribution in [0, 0.1) is 5.41 Å². The third-order valence-corrected chi connectivity index (χ3v) is 6.72. The molecule has 0 radical (unpaired) electrons. The highest BCUT2D eigenvalue weighted by Crippen LogP contribution is 2.43. The topological polar surface area (TPSA) is 74.9 Å². The average molecular weight is 397 g/mol. The van der Waals surface area contributed by atoms with Crippen molar-refractivity contribution in [2.45, 2.75) is 25.4 Å². The van der Waals surface area contributed by atoms with Crippen molar-refractivity contribution in [3.05, 3.63) is 36.0 Å². The van der Waals surface area contributed by atoms with E-state index in [0.717, 1.165) is 55.7 Å². The van der Waals surface area contributed by atoms with Crippen LogP contribution in [0.4, 0.5) is 0 Å². The Kier molecular flexibility index (Phi) is 4.80. The zero-order chi connectivity index (χ0) is 19.8. The van der Waals surface area contributed by atoms with Crippen molar-refractivity contribution in [3.8, 4) is 0 Å². The average Bonchev–Trinajstić information content (AvgIpc) is 3.33. The number of aromatic nitrogens is 1. The van der Waals surface area contributed by atoms with Gasteiger partial charge in [-0.25, -0.2) is 0 Å². The summed E-state index contributed by atoms with van der Waals surface area (Å²) in [6, 6.07) is 7.70. The van der Waals surface area contributed by atoms with Crippen molar-refractivity contribution < 1.29 is 19.1 Å². The van der Waals surface area contributed by atoms with Gasteiger partial charge in [-0.2, -0.15) is 0 Å². The van der Waals surface area contributed by atoms with Crippen molar-refractivity contribution in [2.24, 2.45) is 5.41 Å². The second-order valence-electron chi connectivity index (χ2n) is 8.46. The number of hydrogen-bond acceptors (Lipinski definition) is 5. The summed E-state index contributed by atoms with van der Waals surface area (Å²) >= 11 is 0. The van der Waals surface area contributed by atoms with Gasteiger partial charge in [-0.05, 0) is 31.0 Å². The first-order chi connectivity index (χ1) is 14.1. The number of carbonyl (C=O) groups is 2. The van der Waals surface area contributed by atoms with Crippen molar-refractivity contribution in [3.63, 3.8) is 0 Å². The van der Waals surface area contributed by atoms with Gasteiger partial charge >= 0.3 is 5.97 Å². The van der Waals surface area contributed by atoms with E-state index in [0.29, 0.717) is 25.9 Å². The highest BCUT2D eigenvalue weighted by atomic mass is 16.6. The molecule has 29 heavy (non-hydrogen) atoms. The number of morpholine rings is 1. The maximum absolute atomic E-state index is 13.1. The van der Waals surface area contributed by atoms with Crippen LogP contribution in [0.3, 0.4) is 0 Å². The molecule has 1 unspecified atom stereocenters. The van der Waals surface area contributed by atoms with Gasteiger partial charge in [0, 0.05) is 61.8 Å². The fraction of sp³-hybridized carbons (Fsp3) is 0.545. The molecule has 5 rings (SSSR count). The van der Waals surface area contributed by atoms with Gasteiger partial charge in [0.15, 0.2) is 0 Å². The zero-order valence-electron chi connectivity index (χ0n) is 16.6. The molecule has 1 aromatic heterocycles. The summed E-state index contributed by atoms with van der Waals surface area (Å²) in [7, 11) is 0. The van der Waals surface area contributed by atoms with Crippen LogP contribution in [-0.2, 0) is 14.3 Å². The van der Waals surface area contributed by atoms with E-state index < -0.39 is 5.41 Å². The molecular weight excluding hydrogens is 370 g/mol. The van der Waals surface area contributed by atoms with E-state index in [1.54, 1.807) is 0 Å². The maximum atomic E-state index is 13.1. The van der Waals surface area contributed by atoms with Crippen LogP contribution in [0.15, 0.2) is 30.5 Å². The molecular formula is C22H27N3O4. The molecule has 3 aliphatic rings. The molecule has 3 fully saturated rings. The highest BCUT2D eigenvalue weighted by Gasteiger charge is 2.51. The summed E-state index contributed by atoms with van der Waals surface area (Å²) in [5.74, 6) is -0.0307. The lowest BCUT2D eigenvalue weighted by Gasteiger charge is -2.36. The summed E-state index contributed by atoms with van der Waals surface area (Å²) in [6.07, 6.45) is 3.94. The molecule has 4 heterocycles. The predicted octanol–water partition coefficient (Wildman–Crippen LogP) is 2.04. The first kappa shape index (κ1) is 18.6. The van der Waals surface area contributed by atoms with Crippen LogP contribution < -0.4 is 0 Å². The molecule has 1 spiro atoms. The second kappa shape index (κ2) is 7.46. The smallest absolute Gasteiger partial charge is 0.312 e. The van der Waals surface area contributed by atoms with Crippen LogP contribution in [-0.4, -0.2) is 78.7 Å². The number of benzene rings is 1. The number of aromatic amines is 1. The van der Waals surface area contributed by atoms with E-state index in [1.807, 2.05) is 35.4 Å². The van der Waals surface area contributed by atoms with Gasteiger partial charge in [0.2, 0.25) is 0 Å². The first-order valence-corrected chi connectivity index (χ1v) is 10.5. The summed E-state index contributed by atoms with van der Waals surface area (Å²) in [5.41, 5.74) is 1.27. The lowest BCUT2D eigenvalue weighted by molar-refractivity contribution is -0.151. The number of nitrogens with one attached hydrogen (secondary N) is 1. The molecule has 3 saturated heterocycles. The Balaban J connectivity index is 1.23. The minimum absolute atomic E-state index is 0.0429. The van der Waals surface area contributed by atoms with Crippen LogP contribution in [0.25, 0.3) is 10.9 Å². The number of hydrogen-bond donors (Lipinski definition) is 1. The van der Waals surface area contributed by atoms with Crippen LogP contribution in [0.2, 0.25) is 0 Å². The van der Waals surface area contributed by atoms with Crippen LogP contribution in [0.1, 0.15) is 29.6 Å². The van der Waals surface area contributed by atoms with Gasteiger partial charge in [0.05, 0.1) is 18.6 Å². The van der Waals surface area contributed by atoms with Crippen molar-refractivity contribution >= 4 is 22.8 Å². The Bertz CT molecular complexity index is 910. The number of piperidine rings is 1. The third kappa shape index (κ3) is 3.42. The molecule has 1 atom stereocenters. The molecule has 0 aliphatic carbocycles. The molecule has 3 aliphatic heterocycles. The molecule has 7 heteroatoms. The molecule has 1 N–H and O–H groups in total. The zero-order valence-corrected chi connectivity index (χ0v) is 16.6. The molecule has 2 aromatic rings. The number of fused-ring (bicyclic) bond motifs is 1. The Labute approximate surface area is 169 Å². The normalized spacial score (nSPS) is 24.9. The number of ether oxygens (including phenoxy) is 2. The van der Waals surface area contributed by atoms with E-state index in [1.165, 1.54) is 0 Å². The number of nitrogens with zero attached hydrogens (tertiary/aromatic N) is 2. The number of cyclic esters (lactones) is 1. The summed E-state index contributed by atoms with van der Waals surface area (Å²) < 4.78 is 11.2. The molecule has 7 nitrogen and oxygen atoms in total. The number of H-pyrrole nitrogens is 1. The molecule has 154 valence electrons. The third-order valence-electron chi connectivity index (χ3n) is 6.72. The van der Waals surface area contributed by atoms with E-state index >= 15 is 0 Å². The number of likely N-dealkylation sites (tertiary alicyclic amines) is 1. The largest absolute Gasteiger partial charge is 0.461 e. The monoisotopic (exact) mass is 397 g/mol. The molecule has 0 saturated carbocycles. The Morgan fingerprint density at radius 1 is 1.14 bits per heavy atom. The van der Waals surface area contributed by atoms with E-state index in [4.69, 9.17) is 9.47 Å². The quantitative estimate of drug-likeness (QED) is 0.803. The Morgan fingerprint density at radius 2 is 1.93 bits per heavy atom. The summed E-state index contributed by atoms with van der Waals surface area (Å²) in [6.45, 7) is 5.27. The first-order valence-electron chi connectivity index (χ1n) is 10.5. The van der Waals surface area contributed by atoms with Gasteiger partial charge in [0.1, 0.15) is 6.10 Å². The lowest BCUT2D eigenvalue weighted by atomic mass is 9.76. The molecule has 1 amide bonds. The standard InChI is InChI=1S/C22H27N3O4/c26-20(18-2-1-3-19-17(18)4-7-23-19)25-8-5-22(6-9-25)14-16(29-21(22)27)15-24-10-12-28-13-11-24/h1-4,7,16,23H,5-6,8-15H2. The Hall–Kier alpha value is -2.38. The van der Waals surface area contributed by atoms with Gasteiger partial charge < -0.3 is 19.4 Å². The van der Waals surface area contributed by atoms with Gasteiger partial charge in [-0.3, -0.25) is 14.5 Å². The van der Waals surface area contributed by atoms with E-state index in [-0.39, 0.29) is 18.0 Å². The number of amides is 1. The predicted molar refractivity (Wildman–Crippen MR) is 108 cm³/mol. The minimum Gasteiger partial charge on any atom is -0.461 e. The van der Waals surface area contributed by atoms with E-state index in [2.05, 4.69) is 9.88 Å². The summed E-state index contributed by atoms with van der Waals surface area (Å²) in [5, 5.41) is 0.948. The van der Waals surface area contributed by atoms with Crippen molar-refractivity contribution in [1.82, 2.24) is 14.8 Å². The molecule has 1 aromatic carbocycles. The fourth-order valence-corrected chi connectivity index (χ4v) is 5.00.